The molecule has 178 valence electrons. The number of aromatic amines is 1. The highest BCUT2D eigenvalue weighted by Crippen LogP contribution is 2.29. The zero-order valence-corrected chi connectivity index (χ0v) is 18.1. The largest absolute Gasteiger partial charge is 0.483 e. The number of fused-ring (bicyclic) bond motifs is 2. The van der Waals surface area contributed by atoms with E-state index in [0.29, 0.717) is 12.2 Å². The molecule has 10 nitrogen and oxygen atoms in total. The number of amides is 2. The van der Waals surface area contributed by atoms with E-state index in [-0.39, 0.29) is 55.1 Å². The summed E-state index contributed by atoms with van der Waals surface area (Å²) in [5, 5.41) is 23.8. The minimum absolute atomic E-state index is 0.0103. The van der Waals surface area contributed by atoms with E-state index in [4.69, 9.17) is 19.4 Å². The van der Waals surface area contributed by atoms with Crippen LogP contribution in [-0.2, 0) is 19.1 Å². The second-order valence-electron chi connectivity index (χ2n) is 8.65. The molecule has 33 heavy (non-hydrogen) atoms. The first-order valence-corrected chi connectivity index (χ1v) is 11.2. The molecule has 0 spiro atoms. The van der Waals surface area contributed by atoms with Gasteiger partial charge in [-0.1, -0.05) is 6.07 Å². The minimum atomic E-state index is -0.618. The van der Waals surface area contributed by atoms with Gasteiger partial charge < -0.3 is 35.3 Å². The molecule has 0 bridgehead atoms. The molecule has 10 heteroatoms. The Bertz CT molecular complexity index is 985. The molecule has 5 rings (SSSR count). The quantitative estimate of drug-likeness (QED) is 0.425. The maximum Gasteiger partial charge on any atom is 0.290 e. The van der Waals surface area contributed by atoms with Gasteiger partial charge in [0.25, 0.3) is 12.4 Å². The molecule has 5 N–H and O–H groups in total. The molecule has 0 unspecified atom stereocenters. The second kappa shape index (κ2) is 10.3. The van der Waals surface area contributed by atoms with Crippen molar-refractivity contribution in [3.63, 3.8) is 0 Å². The number of hydrogen-bond donors (Lipinski definition) is 5. The summed E-state index contributed by atoms with van der Waals surface area (Å²) in [4.78, 5) is 37.0. The number of carbonyl (C=O) groups is 3. The van der Waals surface area contributed by atoms with Gasteiger partial charge in [-0.2, -0.15) is 0 Å². The van der Waals surface area contributed by atoms with Gasteiger partial charge >= 0.3 is 0 Å². The smallest absolute Gasteiger partial charge is 0.290 e. The number of aliphatic hydroxyl groups is 1. The molecule has 1 aromatic heterocycles. The lowest BCUT2D eigenvalue weighted by Gasteiger charge is -2.29. The summed E-state index contributed by atoms with van der Waals surface area (Å²) < 4.78 is 11.2. The molecule has 3 heterocycles. The Morgan fingerprint density at radius 1 is 1.03 bits per heavy atom. The van der Waals surface area contributed by atoms with Crippen molar-refractivity contribution in [2.75, 3.05) is 13.2 Å². The highest BCUT2D eigenvalue weighted by Gasteiger charge is 2.48. The Kier molecular flexibility index (Phi) is 7.26. The molecule has 2 saturated heterocycles. The van der Waals surface area contributed by atoms with Gasteiger partial charge in [-0.25, -0.2) is 0 Å². The third-order valence-corrected chi connectivity index (χ3v) is 6.63. The number of H-pyrrole nitrogens is 1. The van der Waals surface area contributed by atoms with Crippen LogP contribution in [0.3, 0.4) is 0 Å². The number of carbonyl (C=O) groups excluding carboxylic acids is 2. The molecule has 2 amide bonds. The van der Waals surface area contributed by atoms with Crippen molar-refractivity contribution < 1.29 is 34.1 Å². The molecule has 1 saturated carbocycles. The summed E-state index contributed by atoms with van der Waals surface area (Å²) in [7, 11) is 0. The lowest BCUT2D eigenvalue weighted by Crippen LogP contribution is -2.48. The van der Waals surface area contributed by atoms with Crippen molar-refractivity contribution in [2.24, 2.45) is 5.92 Å². The van der Waals surface area contributed by atoms with Crippen LogP contribution in [0.1, 0.15) is 36.0 Å². The molecule has 2 aliphatic heterocycles. The fraction of sp³-hybridized carbons (Fsp3) is 0.522. The van der Waals surface area contributed by atoms with Gasteiger partial charge in [0, 0.05) is 34.6 Å². The van der Waals surface area contributed by atoms with Crippen LogP contribution in [0.15, 0.2) is 30.5 Å². The Balaban J connectivity index is 0.000000821. The second-order valence-corrected chi connectivity index (χ2v) is 8.65. The molecular weight excluding hydrogens is 430 g/mol. The summed E-state index contributed by atoms with van der Waals surface area (Å²) >= 11 is 0. The molecule has 2 aromatic rings. The highest BCUT2D eigenvalue weighted by atomic mass is 16.6. The lowest BCUT2D eigenvalue weighted by atomic mass is 9.85. The Morgan fingerprint density at radius 3 is 2.52 bits per heavy atom. The number of rotatable bonds is 4. The monoisotopic (exact) mass is 459 g/mol. The number of benzene rings is 1. The average Bonchev–Trinajstić information content (AvgIpc) is 3.53. The predicted molar refractivity (Wildman–Crippen MR) is 118 cm³/mol. The summed E-state index contributed by atoms with van der Waals surface area (Å²) in [5.74, 6) is -0.132. The Labute approximate surface area is 190 Å². The molecule has 4 atom stereocenters. The van der Waals surface area contributed by atoms with Crippen molar-refractivity contribution in [3.8, 4) is 0 Å². The zero-order chi connectivity index (χ0) is 23.4. The maximum absolute atomic E-state index is 12.8. The molecule has 1 aromatic carbocycles. The summed E-state index contributed by atoms with van der Waals surface area (Å²) in [5.41, 5.74) is 1.61. The first-order valence-electron chi connectivity index (χ1n) is 11.2. The fourth-order valence-electron chi connectivity index (χ4n) is 4.95. The van der Waals surface area contributed by atoms with Gasteiger partial charge in [0.1, 0.15) is 18.3 Å². The van der Waals surface area contributed by atoms with Gasteiger partial charge in [0.2, 0.25) is 5.91 Å². The van der Waals surface area contributed by atoms with Crippen LogP contribution in [0.25, 0.3) is 10.9 Å². The van der Waals surface area contributed by atoms with Gasteiger partial charge in [-0.3, -0.25) is 14.4 Å². The number of aromatic nitrogens is 1. The number of hydrogen-bond acceptors (Lipinski definition) is 6. The van der Waals surface area contributed by atoms with Crippen molar-refractivity contribution in [1.82, 2.24) is 15.6 Å². The van der Waals surface area contributed by atoms with E-state index in [1.54, 1.807) is 0 Å². The number of carboxylic acid groups (broad SMARTS) is 1. The van der Waals surface area contributed by atoms with Crippen LogP contribution in [0, 0.1) is 5.92 Å². The van der Waals surface area contributed by atoms with Crippen LogP contribution >= 0.6 is 0 Å². The molecule has 1 aliphatic carbocycles. The van der Waals surface area contributed by atoms with E-state index >= 15 is 0 Å². The Hall–Kier alpha value is -2.95. The normalized spacial score (nSPS) is 30.7. The van der Waals surface area contributed by atoms with Crippen LogP contribution in [-0.4, -0.2) is 77.1 Å². The number of aliphatic hydroxyl groups excluding tert-OH is 1. The minimum Gasteiger partial charge on any atom is -0.483 e. The molecule has 3 aliphatic rings. The van der Waals surface area contributed by atoms with Crippen LogP contribution in [0.2, 0.25) is 0 Å². The van der Waals surface area contributed by atoms with Crippen LogP contribution in [0.4, 0.5) is 0 Å². The number of nitrogens with one attached hydrogen (secondary N) is 3. The lowest BCUT2D eigenvalue weighted by molar-refractivity contribution is -0.127. The summed E-state index contributed by atoms with van der Waals surface area (Å²) in [6, 6.07) is 7.44. The van der Waals surface area contributed by atoms with E-state index < -0.39 is 6.10 Å². The molecule has 0 radical (unpaired) electrons. The molecule has 3 fully saturated rings. The van der Waals surface area contributed by atoms with Gasteiger partial charge in [-0.05, 0) is 43.9 Å². The standard InChI is InChI=1S/C22H27N3O5.CH2O2/c26-18-11-30-19-17(10-29-20(18)19)25-21(27)12-4-6-13(7-5-12)24-22(28)15-2-1-3-16-14(15)8-9-23-16;2-1-3/h1-3,8-9,12-13,17-20,23,26H,4-7,10-11H2,(H,24,28)(H,25,27);1H,(H,2,3)/t12?,13?,17-,18-,19+,20+;/m0./s1. The van der Waals surface area contributed by atoms with E-state index in [1.807, 2.05) is 30.5 Å². The number of ether oxygens (including phenoxy) is 2. The summed E-state index contributed by atoms with van der Waals surface area (Å²) in [6.45, 7) is 0.372. The van der Waals surface area contributed by atoms with Gasteiger partial charge in [0.15, 0.2) is 0 Å². The SMILES string of the molecule is O=C(NC1CCC(C(=O)N[C@H]2CO[C@H]3[C@@H]2OC[C@@H]3O)CC1)c1cccc2[nH]ccc12.O=CO. The van der Waals surface area contributed by atoms with Crippen LogP contribution < -0.4 is 10.6 Å². The summed E-state index contributed by atoms with van der Waals surface area (Å²) in [6.07, 6.45) is 3.62. The first-order chi connectivity index (χ1) is 16.0. The van der Waals surface area contributed by atoms with E-state index in [1.165, 1.54) is 0 Å². The van der Waals surface area contributed by atoms with E-state index in [0.717, 1.165) is 36.6 Å². The van der Waals surface area contributed by atoms with Crippen molar-refractivity contribution in [1.29, 1.82) is 0 Å². The van der Waals surface area contributed by atoms with E-state index in [2.05, 4.69) is 15.6 Å². The third kappa shape index (κ3) is 5.02. The van der Waals surface area contributed by atoms with Gasteiger partial charge in [-0.15, -0.1) is 0 Å². The van der Waals surface area contributed by atoms with Crippen molar-refractivity contribution in [3.05, 3.63) is 36.0 Å². The third-order valence-electron chi connectivity index (χ3n) is 6.63. The Morgan fingerprint density at radius 2 is 1.76 bits per heavy atom. The topological polar surface area (TPSA) is 150 Å². The molecular formula is C23H29N3O7. The van der Waals surface area contributed by atoms with Gasteiger partial charge in [0.05, 0.1) is 19.3 Å². The predicted octanol–water partition coefficient (Wildman–Crippen LogP) is 0.801. The first kappa shape index (κ1) is 23.2. The van der Waals surface area contributed by atoms with Crippen molar-refractivity contribution >= 4 is 29.2 Å². The van der Waals surface area contributed by atoms with Crippen molar-refractivity contribution in [2.45, 2.75) is 56.1 Å². The van der Waals surface area contributed by atoms with E-state index in [9.17, 15) is 14.7 Å². The average molecular weight is 459 g/mol. The highest BCUT2D eigenvalue weighted by molar-refractivity contribution is 6.06. The van der Waals surface area contributed by atoms with Crippen LogP contribution in [0.5, 0.6) is 0 Å². The maximum atomic E-state index is 12.8. The fourth-order valence-corrected chi connectivity index (χ4v) is 4.95. The zero-order valence-electron chi connectivity index (χ0n) is 18.1.